The number of carbonyl (C=O) groups is 2. The van der Waals surface area contributed by atoms with E-state index >= 15 is 0 Å². The Balaban J connectivity index is 1.40. The van der Waals surface area contributed by atoms with E-state index in [2.05, 4.69) is 18.8 Å². The average Bonchev–Trinajstić information content (AvgIpc) is 3.08. The molecule has 2 aromatic carbocycles. The van der Waals surface area contributed by atoms with Crippen LogP contribution in [0.15, 0.2) is 64.0 Å². The number of aromatic nitrogens is 1. The molecular formula is C32H37N5O3. The lowest BCUT2D eigenvalue weighted by Crippen LogP contribution is -2.51. The number of pyridine rings is 1. The zero-order valence-corrected chi connectivity index (χ0v) is 23.5. The molecule has 0 bridgehead atoms. The molecule has 0 spiro atoms. The van der Waals surface area contributed by atoms with E-state index in [9.17, 15) is 14.4 Å². The van der Waals surface area contributed by atoms with Crippen molar-refractivity contribution in [3.63, 3.8) is 0 Å². The molecule has 2 amide bonds. The van der Waals surface area contributed by atoms with Gasteiger partial charge in [-0.25, -0.2) is 4.99 Å². The first kappa shape index (κ1) is 27.4. The summed E-state index contributed by atoms with van der Waals surface area (Å²) >= 11 is 0. The summed E-state index contributed by atoms with van der Waals surface area (Å²) < 4.78 is 1.75. The minimum atomic E-state index is -0.0212. The van der Waals surface area contributed by atoms with Gasteiger partial charge >= 0.3 is 0 Å². The molecule has 2 aliphatic rings. The van der Waals surface area contributed by atoms with E-state index in [1.807, 2.05) is 59.6 Å². The van der Waals surface area contributed by atoms with Gasteiger partial charge in [-0.3, -0.25) is 14.4 Å². The van der Waals surface area contributed by atoms with Crippen molar-refractivity contribution in [2.75, 3.05) is 26.2 Å². The topological polar surface area (TPSA) is 101 Å². The van der Waals surface area contributed by atoms with Crippen molar-refractivity contribution >= 4 is 40.2 Å². The molecule has 208 valence electrons. The number of hydrogen-bond donors (Lipinski definition) is 1. The number of nitrogens with zero attached hydrogens (tertiary/aromatic N) is 4. The van der Waals surface area contributed by atoms with Gasteiger partial charge in [0.25, 0.3) is 5.56 Å². The Hall–Kier alpha value is -4.20. The Labute approximate surface area is 234 Å². The highest BCUT2D eigenvalue weighted by Gasteiger charge is 2.29. The maximum atomic E-state index is 13.3. The van der Waals surface area contributed by atoms with Crippen LogP contribution in [0.4, 0.5) is 5.69 Å². The van der Waals surface area contributed by atoms with Crippen molar-refractivity contribution in [3.8, 4) is 11.1 Å². The molecule has 0 unspecified atom stereocenters. The standard InChI is InChI=1S/C32H37N5O3/c1-4-11-35(12-5-2)31(39)27-15-26-7-6-24(16-29(26)34-30(33)17-27)23-8-9-28-25(14-23)10-13-36(32(28)40)18-22-19-37(20-22)21(3)38/h6-10,13-16,22H,4-5,11-12,17-20H2,1-3H3,(H2,33,34). The number of fused-ring (bicyclic) bond motifs is 2. The lowest BCUT2D eigenvalue weighted by molar-refractivity contribution is -0.135. The summed E-state index contributed by atoms with van der Waals surface area (Å²) in [4.78, 5) is 46.2. The average molecular weight is 540 g/mol. The van der Waals surface area contributed by atoms with Crippen LogP contribution < -0.4 is 11.3 Å². The van der Waals surface area contributed by atoms with E-state index in [1.54, 1.807) is 16.4 Å². The van der Waals surface area contributed by atoms with Crippen LogP contribution in [0.5, 0.6) is 0 Å². The number of likely N-dealkylation sites (tertiary alicyclic amines) is 1. The molecule has 2 N–H and O–H groups in total. The van der Waals surface area contributed by atoms with Gasteiger partial charge in [0, 0.05) is 74.7 Å². The quantitative estimate of drug-likeness (QED) is 0.453. The van der Waals surface area contributed by atoms with Crippen molar-refractivity contribution in [1.82, 2.24) is 14.4 Å². The van der Waals surface area contributed by atoms with Gasteiger partial charge in [-0.15, -0.1) is 0 Å². The third-order valence-corrected chi connectivity index (χ3v) is 7.71. The summed E-state index contributed by atoms with van der Waals surface area (Å²) in [6, 6.07) is 13.8. The van der Waals surface area contributed by atoms with Crippen LogP contribution in [0.3, 0.4) is 0 Å². The highest BCUT2D eigenvalue weighted by atomic mass is 16.2. The van der Waals surface area contributed by atoms with Crippen molar-refractivity contribution < 1.29 is 9.59 Å². The van der Waals surface area contributed by atoms with Gasteiger partial charge in [0.15, 0.2) is 0 Å². The minimum Gasteiger partial charge on any atom is -0.387 e. The Morgan fingerprint density at radius 1 is 1.02 bits per heavy atom. The lowest BCUT2D eigenvalue weighted by atomic mass is 9.98. The predicted octanol–water partition coefficient (Wildman–Crippen LogP) is 4.57. The number of hydrogen-bond acceptors (Lipinski definition) is 5. The SMILES string of the molecule is CCCN(CCC)C(=O)C1=Cc2ccc(-c3ccc4c(=O)n(CC5CN(C(C)=O)C5)ccc4c3)cc2N=C(N)C1. The highest BCUT2D eigenvalue weighted by molar-refractivity contribution is 6.05. The molecule has 3 aromatic rings. The smallest absolute Gasteiger partial charge is 0.258 e. The van der Waals surface area contributed by atoms with Gasteiger partial charge in [0.2, 0.25) is 11.8 Å². The molecule has 40 heavy (non-hydrogen) atoms. The molecule has 3 heterocycles. The molecule has 1 saturated heterocycles. The van der Waals surface area contributed by atoms with Crippen LogP contribution in [-0.4, -0.2) is 58.2 Å². The number of rotatable bonds is 8. The maximum absolute atomic E-state index is 13.3. The fourth-order valence-electron chi connectivity index (χ4n) is 5.60. The Kier molecular flexibility index (Phi) is 7.87. The normalized spacial score (nSPS) is 15.1. The van der Waals surface area contributed by atoms with Crippen LogP contribution in [0.25, 0.3) is 28.0 Å². The lowest BCUT2D eigenvalue weighted by Gasteiger charge is -2.38. The molecule has 1 aromatic heterocycles. The Bertz CT molecular complexity index is 1570. The van der Waals surface area contributed by atoms with Crippen LogP contribution >= 0.6 is 0 Å². The predicted molar refractivity (Wildman–Crippen MR) is 160 cm³/mol. The number of amidine groups is 1. The van der Waals surface area contributed by atoms with Crippen molar-refractivity contribution in [1.29, 1.82) is 0 Å². The van der Waals surface area contributed by atoms with Crippen molar-refractivity contribution in [2.24, 2.45) is 16.6 Å². The van der Waals surface area contributed by atoms with E-state index in [1.165, 1.54) is 0 Å². The van der Waals surface area contributed by atoms with E-state index in [4.69, 9.17) is 5.73 Å². The monoisotopic (exact) mass is 539 g/mol. The zero-order chi connectivity index (χ0) is 28.4. The summed E-state index contributed by atoms with van der Waals surface area (Å²) in [6.45, 7) is 9.17. The van der Waals surface area contributed by atoms with Gasteiger partial charge in [-0.2, -0.15) is 0 Å². The second-order valence-corrected chi connectivity index (χ2v) is 10.9. The van der Waals surface area contributed by atoms with Crippen LogP contribution in [-0.2, 0) is 16.1 Å². The summed E-state index contributed by atoms with van der Waals surface area (Å²) in [5.74, 6) is 0.821. The van der Waals surface area contributed by atoms with Crippen LogP contribution in [0.2, 0.25) is 0 Å². The molecule has 8 heteroatoms. The van der Waals surface area contributed by atoms with E-state index in [-0.39, 0.29) is 17.4 Å². The second kappa shape index (κ2) is 11.5. The third-order valence-electron chi connectivity index (χ3n) is 7.71. The second-order valence-electron chi connectivity index (χ2n) is 10.9. The molecule has 1 fully saturated rings. The van der Waals surface area contributed by atoms with Crippen molar-refractivity contribution in [2.45, 2.75) is 46.6 Å². The van der Waals surface area contributed by atoms with Gasteiger partial charge in [-0.05, 0) is 59.7 Å². The molecule has 0 saturated carbocycles. The van der Waals surface area contributed by atoms with Crippen molar-refractivity contribution in [3.05, 3.63) is 70.2 Å². The number of amides is 2. The molecule has 0 aliphatic carbocycles. The minimum absolute atomic E-state index is 0.0208. The molecular weight excluding hydrogens is 502 g/mol. The summed E-state index contributed by atoms with van der Waals surface area (Å²) in [5, 5.41) is 1.54. The molecule has 5 rings (SSSR count). The molecule has 8 nitrogen and oxygen atoms in total. The number of aliphatic imine (C=N–C) groups is 1. The third kappa shape index (κ3) is 5.57. The van der Waals surface area contributed by atoms with Crippen LogP contribution in [0.1, 0.15) is 45.6 Å². The highest BCUT2D eigenvalue weighted by Crippen LogP contribution is 2.33. The fraction of sp³-hybridized carbons (Fsp3) is 0.375. The fourth-order valence-corrected chi connectivity index (χ4v) is 5.60. The summed E-state index contributed by atoms with van der Waals surface area (Å²) in [6.07, 6.45) is 5.90. The molecule has 0 atom stereocenters. The Morgan fingerprint density at radius 3 is 2.42 bits per heavy atom. The number of carbonyl (C=O) groups excluding carboxylic acids is 2. The molecule has 2 aliphatic heterocycles. The first-order chi connectivity index (χ1) is 19.3. The number of benzene rings is 2. The first-order valence-electron chi connectivity index (χ1n) is 14.1. The molecule has 0 radical (unpaired) electrons. The Morgan fingerprint density at radius 2 is 1.73 bits per heavy atom. The maximum Gasteiger partial charge on any atom is 0.258 e. The largest absolute Gasteiger partial charge is 0.387 e. The van der Waals surface area contributed by atoms with Crippen LogP contribution in [0, 0.1) is 5.92 Å². The zero-order valence-electron chi connectivity index (χ0n) is 23.5. The van der Waals surface area contributed by atoms with Gasteiger partial charge < -0.3 is 20.1 Å². The van der Waals surface area contributed by atoms with E-state index in [0.717, 1.165) is 53.7 Å². The van der Waals surface area contributed by atoms with E-state index in [0.29, 0.717) is 48.8 Å². The van der Waals surface area contributed by atoms with E-state index < -0.39 is 0 Å². The summed E-state index contributed by atoms with van der Waals surface area (Å²) in [5.41, 5.74) is 10.4. The van der Waals surface area contributed by atoms with Gasteiger partial charge in [0.05, 0.1) is 5.69 Å². The number of nitrogens with two attached hydrogens (primary N) is 1. The van der Waals surface area contributed by atoms with Gasteiger partial charge in [0.1, 0.15) is 5.84 Å². The summed E-state index contributed by atoms with van der Waals surface area (Å²) in [7, 11) is 0. The first-order valence-corrected chi connectivity index (χ1v) is 14.1. The van der Waals surface area contributed by atoms with Gasteiger partial charge in [-0.1, -0.05) is 32.0 Å².